The summed E-state index contributed by atoms with van der Waals surface area (Å²) in [4.78, 5) is 18.5. The molecule has 0 spiro atoms. The molecule has 5 N–H and O–H groups in total. The smallest absolute Gasteiger partial charge is 0.369 e. The third-order valence-electron chi connectivity index (χ3n) is 1.71. The zero-order chi connectivity index (χ0) is 14.4. The Hall–Kier alpha value is -0.460. The van der Waals surface area contributed by atoms with Crippen LogP contribution in [0.25, 0.3) is 0 Å². The highest BCUT2D eigenvalue weighted by Gasteiger charge is 2.19. The lowest BCUT2D eigenvalue weighted by Crippen LogP contribution is -2.21. The van der Waals surface area contributed by atoms with Gasteiger partial charge in [-0.25, -0.2) is 4.57 Å². The van der Waals surface area contributed by atoms with Gasteiger partial charge < -0.3 is 16.4 Å². The summed E-state index contributed by atoms with van der Waals surface area (Å²) < 4.78 is 20.5. The Morgan fingerprint density at radius 1 is 1.17 bits per heavy atom. The fraction of sp³-hybridized carbons (Fsp3) is 0.900. The molecule has 0 fully saturated rings. The monoisotopic (exact) mass is 284 g/mol. The second-order valence-corrected chi connectivity index (χ2v) is 4.97. The van der Waals surface area contributed by atoms with Crippen molar-refractivity contribution in [2.24, 2.45) is 11.5 Å². The maximum Gasteiger partial charge on any atom is 0.472 e. The molecule has 0 saturated carbocycles. The molecule has 1 amide bonds. The van der Waals surface area contributed by atoms with E-state index in [-0.39, 0.29) is 19.8 Å². The molecule has 7 nitrogen and oxygen atoms in total. The molecule has 110 valence electrons. The van der Waals surface area contributed by atoms with E-state index in [0.717, 1.165) is 25.7 Å². The first-order valence-electron chi connectivity index (χ1n) is 5.99. The predicted octanol–water partition coefficient (Wildman–Crippen LogP) is 1.15. The van der Waals surface area contributed by atoms with Gasteiger partial charge >= 0.3 is 7.82 Å². The first-order chi connectivity index (χ1) is 8.39. The molecule has 0 unspecified atom stereocenters. The summed E-state index contributed by atoms with van der Waals surface area (Å²) in [5, 5.41) is 0. The maximum atomic E-state index is 11.1. The zero-order valence-electron chi connectivity index (χ0n) is 11.1. The number of primary amides is 1. The number of phosphoric acid groups is 1. The van der Waals surface area contributed by atoms with Crippen molar-refractivity contribution in [3.8, 4) is 0 Å². The molecule has 0 saturated heterocycles. The van der Waals surface area contributed by atoms with Crippen molar-refractivity contribution < 1.29 is 23.3 Å². The summed E-state index contributed by atoms with van der Waals surface area (Å²) in [6, 6.07) is 0. The molecule has 0 aliphatic carbocycles. The molecule has 0 aromatic rings. The van der Waals surface area contributed by atoms with Crippen molar-refractivity contribution in [2.45, 2.75) is 39.5 Å². The molecule has 0 aromatic carbocycles. The fourth-order valence-electron chi connectivity index (χ4n) is 0.686. The van der Waals surface area contributed by atoms with E-state index in [1.54, 1.807) is 0 Å². The second-order valence-electron chi connectivity index (χ2n) is 3.51. The van der Waals surface area contributed by atoms with Gasteiger partial charge in [0.2, 0.25) is 5.91 Å². The van der Waals surface area contributed by atoms with Crippen LogP contribution in [0.15, 0.2) is 0 Å². The van der Waals surface area contributed by atoms with Crippen molar-refractivity contribution in [3.05, 3.63) is 0 Å². The minimum atomic E-state index is -3.75. The Morgan fingerprint density at radius 2 is 1.50 bits per heavy atom. The van der Waals surface area contributed by atoms with E-state index in [2.05, 4.69) is 5.73 Å². The standard InChI is InChI=1S/C8H19O4P.C2H6N2O/c1-3-5-7-11-13(9,10)12-8-6-4-2;3-1-2(4)5/h3-8H2,1-2H3,(H,9,10);1,3H2,(H2,4,5). The molecule has 0 bridgehead atoms. The highest BCUT2D eigenvalue weighted by molar-refractivity contribution is 7.47. The van der Waals surface area contributed by atoms with E-state index in [1.165, 1.54) is 0 Å². The third kappa shape index (κ3) is 17.9. The highest BCUT2D eigenvalue weighted by Crippen LogP contribution is 2.43. The lowest BCUT2D eigenvalue weighted by atomic mass is 10.4. The van der Waals surface area contributed by atoms with Gasteiger partial charge in [0.15, 0.2) is 0 Å². The molecule has 18 heavy (non-hydrogen) atoms. The van der Waals surface area contributed by atoms with Crippen LogP contribution in [0.4, 0.5) is 0 Å². The van der Waals surface area contributed by atoms with Crippen LogP contribution in [-0.2, 0) is 18.4 Å². The van der Waals surface area contributed by atoms with Crippen LogP contribution in [0.1, 0.15) is 39.5 Å². The Bertz CT molecular complexity index is 236. The number of rotatable bonds is 9. The lowest BCUT2D eigenvalue weighted by molar-refractivity contribution is -0.116. The van der Waals surface area contributed by atoms with Gasteiger partial charge in [-0.15, -0.1) is 0 Å². The largest absolute Gasteiger partial charge is 0.472 e. The molecule has 0 atom stereocenters. The zero-order valence-corrected chi connectivity index (χ0v) is 12.0. The Balaban J connectivity index is 0. The summed E-state index contributed by atoms with van der Waals surface area (Å²) >= 11 is 0. The number of phosphoric ester groups is 1. The number of unbranched alkanes of at least 4 members (excludes halogenated alkanes) is 2. The van der Waals surface area contributed by atoms with Gasteiger partial charge in [-0.2, -0.15) is 0 Å². The number of hydrogen-bond acceptors (Lipinski definition) is 5. The summed E-state index contributed by atoms with van der Waals surface area (Å²) in [5.74, 6) is -0.468. The average Bonchev–Trinajstić information content (AvgIpc) is 2.30. The molecule has 0 aliphatic rings. The first kappa shape index (κ1) is 19.9. The lowest BCUT2D eigenvalue weighted by Gasteiger charge is -2.10. The molecule has 0 rings (SSSR count). The molecular weight excluding hydrogens is 259 g/mol. The van der Waals surface area contributed by atoms with Crippen molar-refractivity contribution >= 4 is 13.7 Å². The summed E-state index contributed by atoms with van der Waals surface area (Å²) in [7, 11) is -3.75. The number of hydrogen-bond donors (Lipinski definition) is 3. The van der Waals surface area contributed by atoms with Gasteiger partial charge in [-0.3, -0.25) is 13.8 Å². The number of nitrogens with two attached hydrogens (primary N) is 2. The third-order valence-corrected chi connectivity index (χ3v) is 2.72. The first-order valence-corrected chi connectivity index (χ1v) is 7.49. The minimum absolute atomic E-state index is 0.0556. The molecule has 0 radical (unpaired) electrons. The fourth-order valence-corrected chi connectivity index (χ4v) is 1.48. The van der Waals surface area contributed by atoms with E-state index in [0.29, 0.717) is 0 Å². The Labute approximate surface area is 108 Å². The maximum absolute atomic E-state index is 11.1. The van der Waals surface area contributed by atoms with Gasteiger partial charge in [-0.1, -0.05) is 26.7 Å². The average molecular weight is 284 g/mol. The number of carbonyl (C=O) groups excluding carboxylic acids is 1. The van der Waals surface area contributed by atoms with Crippen molar-refractivity contribution in [2.75, 3.05) is 19.8 Å². The highest BCUT2D eigenvalue weighted by atomic mass is 31.2. The van der Waals surface area contributed by atoms with Crippen molar-refractivity contribution in [1.82, 2.24) is 0 Å². The van der Waals surface area contributed by atoms with Crippen molar-refractivity contribution in [3.63, 3.8) is 0 Å². The van der Waals surface area contributed by atoms with Gasteiger partial charge in [0.25, 0.3) is 0 Å². The molecule has 0 aliphatic heterocycles. The summed E-state index contributed by atoms with van der Waals surface area (Å²) in [6.07, 6.45) is 3.44. The quantitative estimate of drug-likeness (QED) is 0.431. The molecule has 0 heterocycles. The Morgan fingerprint density at radius 3 is 1.72 bits per heavy atom. The van der Waals surface area contributed by atoms with E-state index in [1.807, 2.05) is 13.8 Å². The van der Waals surface area contributed by atoms with Gasteiger partial charge in [0.05, 0.1) is 19.8 Å². The van der Waals surface area contributed by atoms with Gasteiger partial charge in [0.1, 0.15) is 0 Å². The SMILES string of the molecule is CCCCOP(=O)(O)OCCCC.NCC(N)=O. The van der Waals surface area contributed by atoms with E-state index < -0.39 is 13.7 Å². The summed E-state index contributed by atoms with van der Waals surface area (Å²) in [6.45, 7) is 4.50. The normalized spacial score (nSPS) is 10.7. The van der Waals surface area contributed by atoms with Crippen LogP contribution in [0, 0.1) is 0 Å². The van der Waals surface area contributed by atoms with Crippen LogP contribution in [0.3, 0.4) is 0 Å². The van der Waals surface area contributed by atoms with Crippen LogP contribution in [-0.4, -0.2) is 30.6 Å². The topological polar surface area (TPSA) is 125 Å². The van der Waals surface area contributed by atoms with Crippen LogP contribution >= 0.6 is 7.82 Å². The Kier molecular flexibility index (Phi) is 14.3. The van der Waals surface area contributed by atoms with Crippen molar-refractivity contribution in [1.29, 1.82) is 0 Å². The van der Waals surface area contributed by atoms with Gasteiger partial charge in [0, 0.05) is 0 Å². The van der Waals surface area contributed by atoms with E-state index in [4.69, 9.17) is 19.7 Å². The number of carbonyl (C=O) groups is 1. The van der Waals surface area contributed by atoms with E-state index in [9.17, 15) is 9.36 Å². The van der Waals surface area contributed by atoms with Crippen LogP contribution < -0.4 is 11.5 Å². The molecule has 0 aromatic heterocycles. The predicted molar refractivity (Wildman–Crippen MR) is 69.8 cm³/mol. The van der Waals surface area contributed by atoms with Crippen LogP contribution in [0.2, 0.25) is 0 Å². The van der Waals surface area contributed by atoms with Crippen LogP contribution in [0.5, 0.6) is 0 Å². The molecular formula is C10H25N2O5P. The minimum Gasteiger partial charge on any atom is -0.369 e. The van der Waals surface area contributed by atoms with E-state index >= 15 is 0 Å². The number of amides is 1. The van der Waals surface area contributed by atoms with Gasteiger partial charge in [-0.05, 0) is 12.8 Å². The molecule has 8 heteroatoms. The second kappa shape index (κ2) is 13.0. The summed E-state index contributed by atoms with van der Waals surface area (Å²) in [5.41, 5.74) is 9.22.